The third kappa shape index (κ3) is 2.70. The number of benzene rings is 1. The number of hydrogen-bond donors (Lipinski definition) is 2. The molecule has 1 aromatic carbocycles. The first-order chi connectivity index (χ1) is 8.53. The van der Waals surface area contributed by atoms with Gasteiger partial charge < -0.3 is 4.90 Å². The van der Waals surface area contributed by atoms with Gasteiger partial charge in [0.25, 0.3) is 0 Å². The maximum Gasteiger partial charge on any atom is 0.213 e. The summed E-state index contributed by atoms with van der Waals surface area (Å²) in [6.45, 7) is 3.13. The van der Waals surface area contributed by atoms with Gasteiger partial charge in [0.2, 0.25) is 10.0 Å². The van der Waals surface area contributed by atoms with E-state index in [2.05, 4.69) is 4.72 Å². The summed E-state index contributed by atoms with van der Waals surface area (Å²) in [5.74, 6) is 0.439. The van der Waals surface area contributed by atoms with Crippen molar-refractivity contribution in [3.8, 4) is 0 Å². The van der Waals surface area contributed by atoms with Crippen molar-refractivity contribution in [1.82, 2.24) is 9.62 Å². The third-order valence-electron chi connectivity index (χ3n) is 2.94. The van der Waals surface area contributed by atoms with Gasteiger partial charge in [0.05, 0.1) is 5.75 Å². The SMILES string of the molecule is CCNS(=O)(=O)CCN1Cc2ccccc2C1=N. The van der Waals surface area contributed by atoms with Crippen LogP contribution in [-0.4, -0.2) is 38.0 Å². The van der Waals surface area contributed by atoms with Crippen molar-refractivity contribution in [3.05, 3.63) is 35.4 Å². The molecule has 1 aliphatic heterocycles. The van der Waals surface area contributed by atoms with E-state index in [4.69, 9.17) is 5.41 Å². The summed E-state index contributed by atoms with van der Waals surface area (Å²) in [5, 5.41) is 8.01. The Morgan fingerprint density at radius 2 is 2.11 bits per heavy atom. The second kappa shape index (κ2) is 5.07. The van der Waals surface area contributed by atoms with E-state index in [1.165, 1.54) is 0 Å². The molecule has 0 bridgehead atoms. The molecule has 0 saturated carbocycles. The molecule has 1 aliphatic rings. The number of amidine groups is 1. The highest BCUT2D eigenvalue weighted by molar-refractivity contribution is 7.89. The van der Waals surface area contributed by atoms with Gasteiger partial charge in [-0.25, -0.2) is 13.1 Å². The van der Waals surface area contributed by atoms with Crippen molar-refractivity contribution < 1.29 is 8.42 Å². The number of nitrogens with zero attached hydrogens (tertiary/aromatic N) is 1. The van der Waals surface area contributed by atoms with Crippen molar-refractivity contribution in [2.24, 2.45) is 0 Å². The second-order valence-corrected chi connectivity index (χ2v) is 6.17. The normalized spacial score (nSPS) is 14.9. The fourth-order valence-corrected chi connectivity index (χ4v) is 3.10. The van der Waals surface area contributed by atoms with Gasteiger partial charge in [-0.15, -0.1) is 0 Å². The van der Waals surface area contributed by atoms with Gasteiger partial charge in [-0.1, -0.05) is 31.2 Å². The average Bonchev–Trinajstić information content (AvgIpc) is 2.65. The van der Waals surface area contributed by atoms with Gasteiger partial charge in [-0.2, -0.15) is 0 Å². The standard InChI is InChI=1S/C12H17N3O2S/c1-2-14-18(16,17)8-7-15-9-10-5-3-4-6-11(10)12(15)13/h3-6,13-14H,2,7-9H2,1H3. The minimum Gasteiger partial charge on any atom is -0.351 e. The maximum atomic E-state index is 11.6. The van der Waals surface area contributed by atoms with Gasteiger partial charge in [-0.05, 0) is 5.56 Å². The topological polar surface area (TPSA) is 73.3 Å². The Morgan fingerprint density at radius 1 is 1.39 bits per heavy atom. The van der Waals surface area contributed by atoms with Crippen molar-refractivity contribution in [1.29, 1.82) is 5.41 Å². The van der Waals surface area contributed by atoms with Crippen LogP contribution in [0.25, 0.3) is 0 Å². The largest absolute Gasteiger partial charge is 0.351 e. The van der Waals surface area contributed by atoms with E-state index in [9.17, 15) is 8.42 Å². The number of rotatable bonds is 5. The van der Waals surface area contributed by atoms with Crippen molar-refractivity contribution >= 4 is 15.9 Å². The van der Waals surface area contributed by atoms with Crippen LogP contribution in [0.3, 0.4) is 0 Å². The molecule has 0 spiro atoms. The second-order valence-electron chi connectivity index (χ2n) is 4.24. The lowest BCUT2D eigenvalue weighted by Crippen LogP contribution is -2.34. The molecule has 2 rings (SSSR count). The Labute approximate surface area is 107 Å². The molecule has 6 heteroatoms. The Hall–Kier alpha value is -1.40. The van der Waals surface area contributed by atoms with Gasteiger partial charge in [0.1, 0.15) is 5.84 Å². The molecular formula is C12H17N3O2S. The first-order valence-corrected chi connectivity index (χ1v) is 7.58. The van der Waals surface area contributed by atoms with Crippen molar-refractivity contribution in [2.75, 3.05) is 18.8 Å². The molecule has 0 amide bonds. The predicted molar refractivity (Wildman–Crippen MR) is 71.1 cm³/mol. The van der Waals surface area contributed by atoms with Crippen LogP contribution in [0.2, 0.25) is 0 Å². The van der Waals surface area contributed by atoms with Crippen LogP contribution < -0.4 is 4.72 Å². The number of sulfonamides is 1. The lowest BCUT2D eigenvalue weighted by atomic mass is 10.1. The fourth-order valence-electron chi connectivity index (χ4n) is 2.06. The van der Waals surface area contributed by atoms with E-state index in [0.29, 0.717) is 25.5 Å². The molecule has 0 saturated heterocycles. The lowest BCUT2D eigenvalue weighted by molar-refractivity contribution is 0.449. The van der Waals surface area contributed by atoms with Crippen LogP contribution in [0.4, 0.5) is 0 Å². The highest BCUT2D eigenvalue weighted by Crippen LogP contribution is 2.21. The molecule has 1 heterocycles. The quantitative estimate of drug-likeness (QED) is 0.827. The van der Waals surface area contributed by atoms with Gasteiger partial charge in [0, 0.05) is 25.2 Å². The summed E-state index contributed by atoms with van der Waals surface area (Å²) in [7, 11) is -3.22. The zero-order chi connectivity index (χ0) is 13.2. The van der Waals surface area contributed by atoms with E-state index in [1.807, 2.05) is 24.3 Å². The van der Waals surface area contributed by atoms with Crippen molar-refractivity contribution in [2.45, 2.75) is 13.5 Å². The first-order valence-electron chi connectivity index (χ1n) is 5.92. The molecular weight excluding hydrogens is 250 g/mol. The Kier molecular flexibility index (Phi) is 3.68. The lowest BCUT2D eigenvalue weighted by Gasteiger charge is -2.17. The molecule has 2 N–H and O–H groups in total. The summed E-state index contributed by atoms with van der Waals surface area (Å²) < 4.78 is 25.6. The van der Waals surface area contributed by atoms with Gasteiger partial charge in [-0.3, -0.25) is 5.41 Å². The molecule has 0 fully saturated rings. The van der Waals surface area contributed by atoms with Crippen molar-refractivity contribution in [3.63, 3.8) is 0 Å². The molecule has 5 nitrogen and oxygen atoms in total. The van der Waals surface area contributed by atoms with E-state index in [0.717, 1.165) is 11.1 Å². The third-order valence-corrected chi connectivity index (χ3v) is 4.39. The molecule has 98 valence electrons. The molecule has 0 atom stereocenters. The highest BCUT2D eigenvalue weighted by Gasteiger charge is 2.24. The number of fused-ring (bicyclic) bond motifs is 1. The van der Waals surface area contributed by atoms with E-state index < -0.39 is 10.0 Å². The zero-order valence-electron chi connectivity index (χ0n) is 10.3. The Bertz CT molecular complexity index is 554. The van der Waals surface area contributed by atoms with Crippen LogP contribution in [0.15, 0.2) is 24.3 Å². The molecule has 0 aromatic heterocycles. The summed E-state index contributed by atoms with van der Waals surface area (Å²) in [6.07, 6.45) is 0. The van der Waals surface area contributed by atoms with Gasteiger partial charge >= 0.3 is 0 Å². The summed E-state index contributed by atoms with van der Waals surface area (Å²) >= 11 is 0. The summed E-state index contributed by atoms with van der Waals surface area (Å²) in [4.78, 5) is 1.79. The molecule has 1 aromatic rings. The Balaban J connectivity index is 2.01. The first kappa shape index (κ1) is 13.0. The minimum absolute atomic E-state index is 0.0250. The molecule has 0 aliphatic carbocycles. The van der Waals surface area contributed by atoms with Crippen LogP contribution >= 0.6 is 0 Å². The molecule has 18 heavy (non-hydrogen) atoms. The Morgan fingerprint density at radius 3 is 2.78 bits per heavy atom. The number of nitrogens with one attached hydrogen (secondary N) is 2. The van der Waals surface area contributed by atoms with Gasteiger partial charge in [0.15, 0.2) is 0 Å². The van der Waals surface area contributed by atoms with E-state index in [1.54, 1.807) is 11.8 Å². The number of hydrogen-bond acceptors (Lipinski definition) is 3. The van der Waals surface area contributed by atoms with Crippen LogP contribution in [-0.2, 0) is 16.6 Å². The van der Waals surface area contributed by atoms with Crippen LogP contribution in [0.1, 0.15) is 18.1 Å². The van der Waals surface area contributed by atoms with Crippen LogP contribution in [0, 0.1) is 5.41 Å². The predicted octanol–water partition coefficient (Wildman–Crippen LogP) is 0.767. The van der Waals surface area contributed by atoms with Crippen LogP contribution in [0.5, 0.6) is 0 Å². The fraction of sp³-hybridized carbons (Fsp3) is 0.417. The average molecular weight is 267 g/mol. The maximum absolute atomic E-state index is 11.6. The highest BCUT2D eigenvalue weighted by atomic mass is 32.2. The summed E-state index contributed by atoms with van der Waals surface area (Å²) in [6, 6.07) is 7.70. The monoisotopic (exact) mass is 267 g/mol. The molecule has 0 radical (unpaired) electrons. The van der Waals surface area contributed by atoms with E-state index >= 15 is 0 Å². The smallest absolute Gasteiger partial charge is 0.213 e. The van der Waals surface area contributed by atoms with E-state index in [-0.39, 0.29) is 5.75 Å². The minimum atomic E-state index is -3.22. The zero-order valence-corrected chi connectivity index (χ0v) is 11.1. The summed E-state index contributed by atoms with van der Waals surface area (Å²) in [5.41, 5.74) is 1.99. The molecule has 0 unspecified atom stereocenters.